The highest BCUT2D eigenvalue weighted by Gasteiger charge is 2.22. The Balaban J connectivity index is 0.000000232. The first-order chi connectivity index (χ1) is 28.6. The largest absolute Gasteiger partial charge is 0.493 e. The zero-order valence-corrected chi connectivity index (χ0v) is 33.4. The number of carboxylic acid groups (broad SMARTS) is 2. The van der Waals surface area contributed by atoms with Crippen LogP contribution in [-0.2, 0) is 22.7 Å². The van der Waals surface area contributed by atoms with Crippen LogP contribution in [0.2, 0.25) is 0 Å². The van der Waals surface area contributed by atoms with Crippen molar-refractivity contribution >= 4 is 74.8 Å². The average molecular weight is 824 g/mol. The number of nitrogen functional groups attached to an aromatic ring is 4. The summed E-state index contributed by atoms with van der Waals surface area (Å²) in [5, 5.41) is 24.4. The van der Waals surface area contributed by atoms with E-state index >= 15 is 0 Å². The number of carbonyl (C=O) groups is 3. The number of hydrogen-bond acceptors (Lipinski definition) is 18. The molecule has 0 aliphatic heterocycles. The lowest BCUT2D eigenvalue weighted by atomic mass is 10.0. The number of nitrogens with one attached hydrogen (secondary N) is 2. The number of amides is 1. The van der Waals surface area contributed by atoms with E-state index in [9.17, 15) is 19.5 Å². The number of fused-ring (bicyclic) bond motifs is 2. The summed E-state index contributed by atoms with van der Waals surface area (Å²) in [5.74, 6) is -0.637. The van der Waals surface area contributed by atoms with E-state index in [0.717, 1.165) is 33.4 Å². The Kier molecular flexibility index (Phi) is 13.7. The summed E-state index contributed by atoms with van der Waals surface area (Å²) in [6.45, 7) is 2.93. The number of carbonyl (C=O) groups excluding carboxylic acids is 1. The zero-order chi connectivity index (χ0) is 43.7. The first-order valence-electron chi connectivity index (χ1n) is 18.1. The van der Waals surface area contributed by atoms with E-state index in [0.29, 0.717) is 53.0 Å². The number of carboxylic acids is 2. The number of benzene rings is 3. The first-order valence-corrected chi connectivity index (χ1v) is 18.1. The Morgan fingerprint density at radius 3 is 2.10 bits per heavy atom. The number of aliphatic carboxylic acids is 2. The van der Waals surface area contributed by atoms with Crippen LogP contribution in [0.1, 0.15) is 40.0 Å². The van der Waals surface area contributed by atoms with E-state index < -0.39 is 23.9 Å². The van der Waals surface area contributed by atoms with Gasteiger partial charge in [-0.3, -0.25) is 9.59 Å². The minimum Gasteiger partial charge on any atom is -0.493 e. The molecule has 0 aliphatic carbocycles. The van der Waals surface area contributed by atoms with Gasteiger partial charge in [-0.25, -0.2) is 19.7 Å². The van der Waals surface area contributed by atoms with Crippen molar-refractivity contribution in [2.75, 3.05) is 61.5 Å². The van der Waals surface area contributed by atoms with Crippen molar-refractivity contribution in [2.45, 2.75) is 38.9 Å². The van der Waals surface area contributed by atoms with Gasteiger partial charge in [0, 0.05) is 54.5 Å². The van der Waals surface area contributed by atoms with Gasteiger partial charge in [0.05, 0.1) is 45.3 Å². The average Bonchev–Trinajstić information content (AvgIpc) is 3.21. The maximum absolute atomic E-state index is 12.4. The molecule has 3 aromatic heterocycles. The van der Waals surface area contributed by atoms with Gasteiger partial charge in [-0.2, -0.15) is 15.0 Å². The fraction of sp³-hybridized carbons (Fsp3) is 0.256. The smallest absolute Gasteiger partial charge is 0.326 e. The van der Waals surface area contributed by atoms with Crippen LogP contribution in [0.4, 0.5) is 34.9 Å². The molecule has 21 heteroatoms. The Bertz CT molecular complexity index is 2520. The summed E-state index contributed by atoms with van der Waals surface area (Å²) in [7, 11) is 6.56. The van der Waals surface area contributed by atoms with Gasteiger partial charge in [-0.15, -0.1) is 0 Å². The Morgan fingerprint density at radius 1 is 0.833 bits per heavy atom. The second kappa shape index (κ2) is 19.0. The molecule has 12 N–H and O–H groups in total. The van der Waals surface area contributed by atoms with Crippen molar-refractivity contribution in [1.29, 1.82) is 0 Å². The highest BCUT2D eigenvalue weighted by Crippen LogP contribution is 2.40. The molecule has 0 spiro atoms. The number of aromatic nitrogens is 6. The van der Waals surface area contributed by atoms with E-state index in [-0.39, 0.29) is 36.1 Å². The van der Waals surface area contributed by atoms with Gasteiger partial charge in [0.25, 0.3) is 5.91 Å². The maximum Gasteiger partial charge on any atom is 0.326 e. The van der Waals surface area contributed by atoms with Crippen molar-refractivity contribution in [1.82, 2.24) is 35.2 Å². The SMILES string of the molecule is CN(Cc1cnc2nc(N)nc(N)c2n1)c1ccc(C(=O)N[C@@H](CCC(=O)O)C(=O)O)cc1.COc1cc(NCc2ccc3nc(N)nc(N)c3c2C)cc(OC)c1OC. The number of methoxy groups -OCH3 is 3. The Hall–Kier alpha value is -7.97. The highest BCUT2D eigenvalue weighted by atomic mass is 16.5. The predicted molar refractivity (Wildman–Crippen MR) is 225 cm³/mol. The molecule has 21 nitrogen and oxygen atoms in total. The minimum atomic E-state index is -1.30. The molecule has 3 aromatic carbocycles. The van der Waals surface area contributed by atoms with Crippen molar-refractivity contribution < 1.29 is 38.8 Å². The van der Waals surface area contributed by atoms with Gasteiger partial charge in [0.1, 0.15) is 11.9 Å². The number of aryl methyl sites for hydroxylation is 1. The summed E-state index contributed by atoms with van der Waals surface area (Å²) in [5.41, 5.74) is 29.0. The van der Waals surface area contributed by atoms with Gasteiger partial charge in [0.2, 0.25) is 17.6 Å². The van der Waals surface area contributed by atoms with Crippen LogP contribution in [0.15, 0.2) is 54.7 Å². The van der Waals surface area contributed by atoms with Crippen LogP contribution < -0.4 is 52.7 Å². The fourth-order valence-corrected chi connectivity index (χ4v) is 6.08. The fourth-order valence-electron chi connectivity index (χ4n) is 6.08. The molecule has 3 heterocycles. The van der Waals surface area contributed by atoms with Crippen LogP contribution in [0.25, 0.3) is 22.1 Å². The summed E-state index contributed by atoms with van der Waals surface area (Å²) < 4.78 is 16.1. The van der Waals surface area contributed by atoms with E-state index in [1.807, 2.05) is 43.1 Å². The lowest BCUT2D eigenvalue weighted by Crippen LogP contribution is -2.41. The number of nitrogens with two attached hydrogens (primary N) is 4. The number of anilines is 6. The molecule has 6 rings (SSSR count). The third-order valence-electron chi connectivity index (χ3n) is 9.15. The summed E-state index contributed by atoms with van der Waals surface area (Å²) in [4.78, 5) is 61.0. The molecule has 0 fully saturated rings. The van der Waals surface area contributed by atoms with E-state index in [1.165, 1.54) is 12.1 Å². The third-order valence-corrected chi connectivity index (χ3v) is 9.15. The quantitative estimate of drug-likeness (QED) is 0.0737. The first kappa shape index (κ1) is 43.2. The summed E-state index contributed by atoms with van der Waals surface area (Å²) in [6, 6.07) is 12.8. The van der Waals surface area contributed by atoms with Crippen molar-refractivity contribution in [3.05, 3.63) is 77.1 Å². The van der Waals surface area contributed by atoms with Crippen LogP contribution in [0.3, 0.4) is 0 Å². The van der Waals surface area contributed by atoms with Crippen LogP contribution in [0.5, 0.6) is 17.2 Å². The second-order valence-corrected chi connectivity index (χ2v) is 13.2. The molecule has 1 amide bonds. The minimum absolute atomic E-state index is 0.0138. The van der Waals surface area contributed by atoms with Crippen LogP contribution >= 0.6 is 0 Å². The molecule has 0 radical (unpaired) electrons. The van der Waals surface area contributed by atoms with Gasteiger partial charge in [0.15, 0.2) is 28.5 Å². The van der Waals surface area contributed by atoms with Gasteiger partial charge >= 0.3 is 11.9 Å². The standard InChI is InChI=1S/C20H22N8O5.C19H23N5O3/c1-28(9-11-8-23-17-15(24-11)16(21)26-20(22)27-17)12-4-2-10(3-5-12)18(31)25-13(19(32)33)6-7-14(29)30;1-10-11(5-6-13-16(10)18(20)24-19(21)23-13)9-22-12-7-14(25-2)17(27-4)15(8-12)26-3/h2-5,8,13H,6-7,9H2,1H3,(H,25,31)(H,29,30)(H,32,33)(H4,21,22,23,26,27);5-8,22H,9H2,1-4H3,(H4,20,21,23,24)/t13-;/m0./s1. The lowest BCUT2D eigenvalue weighted by Gasteiger charge is -2.19. The van der Waals surface area contributed by atoms with Crippen LogP contribution in [0, 0.1) is 6.92 Å². The molecule has 6 aromatic rings. The number of hydrogen-bond donors (Lipinski definition) is 8. The zero-order valence-electron chi connectivity index (χ0n) is 33.4. The second-order valence-electron chi connectivity index (χ2n) is 13.2. The molecule has 1 atom stereocenters. The normalized spacial score (nSPS) is 11.2. The topological polar surface area (TPSA) is 328 Å². The predicted octanol–water partition coefficient (Wildman–Crippen LogP) is 3.01. The number of nitrogens with zero attached hydrogens (tertiary/aromatic N) is 7. The van der Waals surface area contributed by atoms with E-state index in [1.54, 1.807) is 39.7 Å². The molecule has 314 valence electrons. The Labute approximate surface area is 343 Å². The molecular formula is C39H45N13O8. The van der Waals surface area contributed by atoms with Crippen molar-refractivity contribution in [3.63, 3.8) is 0 Å². The molecule has 0 saturated carbocycles. The van der Waals surface area contributed by atoms with Gasteiger partial charge < -0.3 is 62.9 Å². The highest BCUT2D eigenvalue weighted by molar-refractivity contribution is 5.97. The molecule has 0 saturated heterocycles. The van der Waals surface area contributed by atoms with E-state index in [2.05, 4.69) is 40.5 Å². The van der Waals surface area contributed by atoms with Gasteiger partial charge in [-0.05, 0) is 54.8 Å². The molecule has 0 bridgehead atoms. The Morgan fingerprint density at radius 2 is 1.48 bits per heavy atom. The molecule has 0 unspecified atom stereocenters. The lowest BCUT2D eigenvalue weighted by molar-refractivity contribution is -0.140. The third kappa shape index (κ3) is 10.3. The molecule has 0 aliphatic rings. The van der Waals surface area contributed by atoms with Crippen molar-refractivity contribution in [3.8, 4) is 17.2 Å². The van der Waals surface area contributed by atoms with Gasteiger partial charge in [-0.1, -0.05) is 6.07 Å². The van der Waals surface area contributed by atoms with E-state index in [4.69, 9.17) is 42.3 Å². The maximum atomic E-state index is 12.4. The van der Waals surface area contributed by atoms with Crippen molar-refractivity contribution in [2.24, 2.45) is 0 Å². The van der Waals surface area contributed by atoms with Crippen LogP contribution in [-0.4, -0.2) is 92.4 Å². The summed E-state index contributed by atoms with van der Waals surface area (Å²) in [6.07, 6.45) is 0.964. The number of rotatable bonds is 15. The number of ether oxygens (including phenoxy) is 3. The molecule has 60 heavy (non-hydrogen) atoms. The molecular weight excluding hydrogens is 779 g/mol. The summed E-state index contributed by atoms with van der Waals surface area (Å²) >= 11 is 0. The monoisotopic (exact) mass is 823 g/mol.